The number of rotatable bonds is 5. The molecule has 118 valence electrons. The van der Waals surface area contributed by atoms with Crippen molar-refractivity contribution in [1.82, 2.24) is 15.5 Å². The SMILES string of the molecule is CCN1CCCC(C(C)NC(C)C(=O)NC(C)(C)C)C1. The summed E-state index contributed by atoms with van der Waals surface area (Å²) >= 11 is 0. The monoisotopic (exact) mass is 283 g/mol. The van der Waals surface area contributed by atoms with Crippen molar-refractivity contribution in [3.8, 4) is 0 Å². The van der Waals surface area contributed by atoms with E-state index in [1.807, 2.05) is 27.7 Å². The molecule has 1 rings (SSSR count). The fourth-order valence-corrected chi connectivity index (χ4v) is 2.87. The minimum atomic E-state index is -0.167. The van der Waals surface area contributed by atoms with Gasteiger partial charge in [-0.25, -0.2) is 0 Å². The molecule has 1 heterocycles. The Morgan fingerprint density at radius 2 is 2.00 bits per heavy atom. The van der Waals surface area contributed by atoms with Crippen LogP contribution in [0, 0.1) is 5.92 Å². The van der Waals surface area contributed by atoms with Gasteiger partial charge in [0.1, 0.15) is 0 Å². The van der Waals surface area contributed by atoms with Crippen LogP contribution in [-0.4, -0.2) is 48.1 Å². The molecule has 0 bridgehead atoms. The fraction of sp³-hybridized carbons (Fsp3) is 0.938. The predicted molar refractivity (Wildman–Crippen MR) is 84.8 cm³/mol. The second-order valence-corrected chi connectivity index (χ2v) is 7.21. The molecule has 0 aliphatic carbocycles. The Hall–Kier alpha value is -0.610. The largest absolute Gasteiger partial charge is 0.350 e. The van der Waals surface area contributed by atoms with E-state index < -0.39 is 0 Å². The number of nitrogens with one attached hydrogen (secondary N) is 2. The van der Waals surface area contributed by atoms with Gasteiger partial charge >= 0.3 is 0 Å². The van der Waals surface area contributed by atoms with E-state index in [4.69, 9.17) is 0 Å². The molecule has 4 nitrogen and oxygen atoms in total. The number of carbonyl (C=O) groups excluding carboxylic acids is 1. The molecule has 0 aromatic carbocycles. The molecule has 4 heteroatoms. The number of hydrogen-bond donors (Lipinski definition) is 2. The van der Waals surface area contributed by atoms with E-state index >= 15 is 0 Å². The van der Waals surface area contributed by atoms with Crippen molar-refractivity contribution in [2.75, 3.05) is 19.6 Å². The molecule has 0 spiro atoms. The van der Waals surface area contributed by atoms with Crippen molar-refractivity contribution in [3.63, 3.8) is 0 Å². The zero-order valence-corrected chi connectivity index (χ0v) is 14.1. The number of nitrogens with zero attached hydrogens (tertiary/aromatic N) is 1. The van der Waals surface area contributed by atoms with Crippen molar-refractivity contribution in [1.29, 1.82) is 0 Å². The highest BCUT2D eigenvalue weighted by Crippen LogP contribution is 2.19. The van der Waals surface area contributed by atoms with Gasteiger partial charge in [0, 0.05) is 18.1 Å². The van der Waals surface area contributed by atoms with E-state index in [2.05, 4.69) is 29.4 Å². The molecule has 0 aromatic rings. The second kappa shape index (κ2) is 7.41. The van der Waals surface area contributed by atoms with Gasteiger partial charge in [-0.1, -0.05) is 6.92 Å². The van der Waals surface area contributed by atoms with Crippen molar-refractivity contribution in [3.05, 3.63) is 0 Å². The average Bonchev–Trinajstić information content (AvgIpc) is 2.36. The predicted octanol–water partition coefficient (Wildman–Crippen LogP) is 2.00. The van der Waals surface area contributed by atoms with Gasteiger partial charge in [0.2, 0.25) is 5.91 Å². The summed E-state index contributed by atoms with van der Waals surface area (Å²) in [6.45, 7) is 15.9. The summed E-state index contributed by atoms with van der Waals surface area (Å²) in [5.41, 5.74) is -0.167. The van der Waals surface area contributed by atoms with Gasteiger partial charge < -0.3 is 15.5 Å². The Balaban J connectivity index is 2.44. The molecule has 1 aliphatic heterocycles. The molecule has 3 atom stereocenters. The quantitative estimate of drug-likeness (QED) is 0.811. The van der Waals surface area contributed by atoms with Crippen LogP contribution < -0.4 is 10.6 Å². The van der Waals surface area contributed by atoms with Crippen LogP contribution in [0.4, 0.5) is 0 Å². The van der Waals surface area contributed by atoms with Gasteiger partial charge in [-0.15, -0.1) is 0 Å². The normalized spacial score (nSPS) is 24.2. The van der Waals surface area contributed by atoms with E-state index in [0.29, 0.717) is 12.0 Å². The summed E-state index contributed by atoms with van der Waals surface area (Å²) in [5, 5.41) is 6.51. The van der Waals surface area contributed by atoms with Gasteiger partial charge in [0.05, 0.1) is 6.04 Å². The molecule has 1 aliphatic rings. The number of carbonyl (C=O) groups is 1. The molecule has 0 saturated carbocycles. The maximum atomic E-state index is 12.1. The van der Waals surface area contributed by atoms with Crippen molar-refractivity contribution in [2.45, 2.75) is 72.0 Å². The Labute approximate surface area is 124 Å². The Kier molecular flexibility index (Phi) is 6.46. The molecule has 0 aromatic heterocycles. The smallest absolute Gasteiger partial charge is 0.237 e. The van der Waals surface area contributed by atoms with Crippen LogP contribution in [-0.2, 0) is 4.79 Å². The summed E-state index contributed by atoms with van der Waals surface area (Å²) in [4.78, 5) is 14.6. The Morgan fingerprint density at radius 1 is 1.35 bits per heavy atom. The molecule has 1 fully saturated rings. The van der Waals surface area contributed by atoms with Crippen LogP contribution >= 0.6 is 0 Å². The lowest BCUT2D eigenvalue weighted by atomic mass is 9.91. The van der Waals surface area contributed by atoms with Gasteiger partial charge in [0.15, 0.2) is 0 Å². The first kappa shape index (κ1) is 17.4. The van der Waals surface area contributed by atoms with E-state index in [-0.39, 0.29) is 17.5 Å². The molecular formula is C16H33N3O. The zero-order valence-electron chi connectivity index (χ0n) is 14.1. The maximum absolute atomic E-state index is 12.1. The van der Waals surface area contributed by atoms with Gasteiger partial charge in [-0.3, -0.25) is 4.79 Å². The molecule has 3 unspecified atom stereocenters. The molecule has 1 saturated heterocycles. The van der Waals surface area contributed by atoms with E-state index in [9.17, 15) is 4.79 Å². The van der Waals surface area contributed by atoms with Crippen LogP contribution in [0.2, 0.25) is 0 Å². The van der Waals surface area contributed by atoms with Gasteiger partial charge in [-0.05, 0) is 66.5 Å². The fourth-order valence-electron chi connectivity index (χ4n) is 2.87. The van der Waals surface area contributed by atoms with Crippen LogP contribution in [0.15, 0.2) is 0 Å². The Morgan fingerprint density at radius 3 is 2.55 bits per heavy atom. The lowest BCUT2D eigenvalue weighted by molar-refractivity contribution is -0.124. The molecular weight excluding hydrogens is 250 g/mol. The van der Waals surface area contributed by atoms with Gasteiger partial charge in [0.25, 0.3) is 0 Å². The van der Waals surface area contributed by atoms with E-state index in [0.717, 1.165) is 13.1 Å². The highest BCUT2D eigenvalue weighted by atomic mass is 16.2. The van der Waals surface area contributed by atoms with Crippen LogP contribution in [0.5, 0.6) is 0 Å². The highest BCUT2D eigenvalue weighted by molar-refractivity contribution is 5.81. The molecule has 0 radical (unpaired) electrons. The molecule has 20 heavy (non-hydrogen) atoms. The summed E-state index contributed by atoms with van der Waals surface area (Å²) in [5.74, 6) is 0.737. The summed E-state index contributed by atoms with van der Waals surface area (Å²) in [6, 6.07) is 0.242. The van der Waals surface area contributed by atoms with Gasteiger partial charge in [-0.2, -0.15) is 0 Å². The first-order valence-corrected chi connectivity index (χ1v) is 8.03. The van der Waals surface area contributed by atoms with E-state index in [1.165, 1.54) is 19.4 Å². The first-order chi connectivity index (χ1) is 9.23. The van der Waals surface area contributed by atoms with Crippen LogP contribution in [0.25, 0.3) is 0 Å². The minimum absolute atomic E-state index is 0.0903. The first-order valence-electron chi connectivity index (χ1n) is 8.03. The van der Waals surface area contributed by atoms with Crippen LogP contribution in [0.3, 0.4) is 0 Å². The summed E-state index contributed by atoms with van der Waals surface area (Å²) < 4.78 is 0. The van der Waals surface area contributed by atoms with Crippen molar-refractivity contribution >= 4 is 5.91 Å². The van der Waals surface area contributed by atoms with Crippen molar-refractivity contribution < 1.29 is 4.79 Å². The zero-order chi connectivity index (χ0) is 15.3. The van der Waals surface area contributed by atoms with Crippen LogP contribution in [0.1, 0.15) is 54.4 Å². The highest BCUT2D eigenvalue weighted by Gasteiger charge is 2.27. The van der Waals surface area contributed by atoms with E-state index in [1.54, 1.807) is 0 Å². The lowest BCUT2D eigenvalue weighted by Crippen LogP contribution is -2.54. The minimum Gasteiger partial charge on any atom is -0.350 e. The topological polar surface area (TPSA) is 44.4 Å². The lowest BCUT2D eigenvalue weighted by Gasteiger charge is -2.36. The van der Waals surface area contributed by atoms with Crippen molar-refractivity contribution in [2.24, 2.45) is 5.92 Å². The number of piperidine rings is 1. The third-order valence-corrected chi connectivity index (χ3v) is 4.10. The molecule has 1 amide bonds. The average molecular weight is 283 g/mol. The summed E-state index contributed by atoms with van der Waals surface area (Å²) in [7, 11) is 0. The standard InChI is InChI=1S/C16H33N3O/c1-7-19-10-8-9-14(11-19)12(2)17-13(3)15(20)18-16(4,5)6/h12-14,17H,7-11H2,1-6H3,(H,18,20). The number of hydrogen-bond acceptors (Lipinski definition) is 3. The molecule has 2 N–H and O–H groups in total. The maximum Gasteiger partial charge on any atom is 0.237 e. The number of amides is 1. The Bertz CT molecular complexity index is 311. The number of likely N-dealkylation sites (tertiary alicyclic amines) is 1. The third kappa shape index (κ3) is 5.80. The second-order valence-electron chi connectivity index (χ2n) is 7.21. The summed E-state index contributed by atoms with van der Waals surface area (Å²) in [6.07, 6.45) is 2.53. The third-order valence-electron chi connectivity index (χ3n) is 4.10.